The number of benzene rings is 1. The quantitative estimate of drug-likeness (QED) is 0.817. The molecular weight excluding hydrogens is 242 g/mol. The van der Waals surface area contributed by atoms with E-state index < -0.39 is 6.10 Å². The van der Waals surface area contributed by atoms with Crippen LogP contribution in [-0.4, -0.2) is 16.1 Å². The molecule has 0 heterocycles. The van der Waals surface area contributed by atoms with Crippen LogP contribution < -0.4 is 5.73 Å². The molecule has 0 radical (unpaired) electrons. The van der Waals surface area contributed by atoms with Gasteiger partial charge in [-0.15, -0.1) is 0 Å². The smallest absolute Gasteiger partial charge is 0.0881 e. The summed E-state index contributed by atoms with van der Waals surface area (Å²) in [5.41, 5.74) is 7.40. The second kappa shape index (κ2) is 6.48. The Balaban J connectivity index is 1.82. The number of rotatable bonds is 4. The highest BCUT2D eigenvalue weighted by Crippen LogP contribution is 2.33. The van der Waals surface area contributed by atoms with Crippen LogP contribution >= 0.6 is 11.8 Å². The highest BCUT2D eigenvalue weighted by atomic mass is 32.2. The lowest BCUT2D eigenvalue weighted by molar-refractivity contribution is 0.204. The molecule has 1 fully saturated rings. The third-order valence-corrected chi connectivity index (χ3v) is 5.08. The number of hydrogen-bond acceptors (Lipinski definition) is 3. The third kappa shape index (κ3) is 3.92. The highest BCUT2D eigenvalue weighted by Gasteiger charge is 2.20. The number of aliphatic hydroxyl groups excluding tert-OH is 1. The van der Waals surface area contributed by atoms with Crippen LogP contribution in [0.25, 0.3) is 0 Å². The largest absolute Gasteiger partial charge is 0.399 e. The predicted octanol–water partition coefficient (Wildman–Crippen LogP) is 3.61. The molecule has 3 heteroatoms. The van der Waals surface area contributed by atoms with Crippen molar-refractivity contribution in [3.63, 3.8) is 0 Å². The van der Waals surface area contributed by atoms with Crippen LogP contribution in [0.5, 0.6) is 0 Å². The first-order valence-electron chi connectivity index (χ1n) is 6.80. The maximum Gasteiger partial charge on any atom is 0.0881 e. The Hall–Kier alpha value is -0.670. The van der Waals surface area contributed by atoms with Crippen LogP contribution in [0.15, 0.2) is 24.3 Å². The van der Waals surface area contributed by atoms with Crippen molar-refractivity contribution in [2.75, 3.05) is 11.5 Å². The predicted molar refractivity (Wildman–Crippen MR) is 79.7 cm³/mol. The summed E-state index contributed by atoms with van der Waals surface area (Å²) in [6.07, 6.45) is 4.92. The lowest BCUT2D eigenvalue weighted by Crippen LogP contribution is -2.16. The van der Waals surface area contributed by atoms with Crippen LogP contribution in [0.4, 0.5) is 5.69 Å². The fourth-order valence-electron chi connectivity index (χ4n) is 2.62. The van der Waals surface area contributed by atoms with Gasteiger partial charge in [0.05, 0.1) is 6.10 Å². The van der Waals surface area contributed by atoms with E-state index in [0.717, 1.165) is 28.2 Å². The van der Waals surface area contributed by atoms with Crippen molar-refractivity contribution in [1.29, 1.82) is 0 Å². The van der Waals surface area contributed by atoms with E-state index in [4.69, 9.17) is 5.73 Å². The van der Waals surface area contributed by atoms with Gasteiger partial charge in [0.15, 0.2) is 0 Å². The molecule has 1 aromatic carbocycles. The highest BCUT2D eigenvalue weighted by molar-refractivity contribution is 7.99. The van der Waals surface area contributed by atoms with E-state index in [-0.39, 0.29) is 0 Å². The number of aliphatic hydroxyl groups is 1. The van der Waals surface area contributed by atoms with Crippen LogP contribution in [-0.2, 0) is 0 Å². The van der Waals surface area contributed by atoms with Crippen LogP contribution in [0, 0.1) is 5.92 Å². The summed E-state index contributed by atoms with van der Waals surface area (Å²) in [6.45, 7) is 2.33. The Bertz CT molecular complexity index is 383. The molecule has 0 saturated heterocycles. The first-order chi connectivity index (χ1) is 8.65. The van der Waals surface area contributed by atoms with Gasteiger partial charge in [0.25, 0.3) is 0 Å². The van der Waals surface area contributed by atoms with Gasteiger partial charge >= 0.3 is 0 Å². The maximum absolute atomic E-state index is 10.2. The van der Waals surface area contributed by atoms with E-state index in [0.29, 0.717) is 0 Å². The van der Waals surface area contributed by atoms with Crippen molar-refractivity contribution in [3.8, 4) is 0 Å². The van der Waals surface area contributed by atoms with Crippen molar-refractivity contribution >= 4 is 17.4 Å². The molecule has 0 aliphatic heterocycles. The summed E-state index contributed by atoms with van der Waals surface area (Å²) in [7, 11) is 0. The van der Waals surface area contributed by atoms with Crippen molar-refractivity contribution in [2.45, 2.75) is 44.0 Å². The van der Waals surface area contributed by atoms with E-state index in [1.165, 1.54) is 25.7 Å². The molecule has 100 valence electrons. The number of nitrogen functional groups attached to an aromatic ring is 1. The monoisotopic (exact) mass is 265 g/mol. The fourth-order valence-corrected chi connectivity index (χ4v) is 4.06. The second-order valence-corrected chi connectivity index (χ2v) is 6.75. The molecule has 1 aromatic rings. The Morgan fingerprint density at radius 1 is 1.44 bits per heavy atom. The zero-order valence-electron chi connectivity index (χ0n) is 11.0. The third-order valence-electron chi connectivity index (χ3n) is 3.67. The topological polar surface area (TPSA) is 46.2 Å². The minimum absolute atomic E-state index is 0.393. The molecule has 2 rings (SSSR count). The summed E-state index contributed by atoms with van der Waals surface area (Å²) in [6, 6.07) is 7.58. The molecule has 1 aliphatic carbocycles. The van der Waals surface area contributed by atoms with Gasteiger partial charge in [-0.3, -0.25) is 0 Å². The van der Waals surface area contributed by atoms with Crippen LogP contribution in [0.3, 0.4) is 0 Å². The lowest BCUT2D eigenvalue weighted by Gasteiger charge is -2.27. The minimum atomic E-state index is -0.393. The molecule has 3 unspecified atom stereocenters. The van der Waals surface area contributed by atoms with Crippen molar-refractivity contribution in [2.24, 2.45) is 5.92 Å². The average Bonchev–Trinajstić information content (AvgIpc) is 2.36. The molecule has 1 saturated carbocycles. The molecule has 0 bridgehead atoms. The molecule has 1 aliphatic rings. The van der Waals surface area contributed by atoms with E-state index >= 15 is 0 Å². The first kappa shape index (κ1) is 13.8. The molecule has 0 amide bonds. The van der Waals surface area contributed by atoms with Gasteiger partial charge in [-0.05, 0) is 36.5 Å². The van der Waals surface area contributed by atoms with E-state index in [1.54, 1.807) is 0 Å². The second-order valence-electron chi connectivity index (χ2n) is 5.41. The van der Waals surface area contributed by atoms with Crippen molar-refractivity contribution in [1.82, 2.24) is 0 Å². The van der Waals surface area contributed by atoms with E-state index in [2.05, 4.69) is 6.92 Å². The van der Waals surface area contributed by atoms with Gasteiger partial charge in [-0.25, -0.2) is 0 Å². The molecular formula is C15H23NOS. The van der Waals surface area contributed by atoms with Gasteiger partial charge < -0.3 is 10.8 Å². The van der Waals surface area contributed by atoms with Crippen LogP contribution in [0.2, 0.25) is 0 Å². The fraction of sp³-hybridized carbons (Fsp3) is 0.600. The van der Waals surface area contributed by atoms with E-state index in [9.17, 15) is 5.11 Å². The Labute approximate surface area is 114 Å². The maximum atomic E-state index is 10.2. The molecule has 18 heavy (non-hydrogen) atoms. The van der Waals surface area contributed by atoms with Gasteiger partial charge in [0.1, 0.15) is 0 Å². The molecule has 2 nitrogen and oxygen atoms in total. The van der Waals surface area contributed by atoms with E-state index in [1.807, 2.05) is 36.0 Å². The molecule has 3 atom stereocenters. The lowest BCUT2D eigenvalue weighted by atomic mass is 9.91. The number of hydrogen-bond donors (Lipinski definition) is 2. The molecule has 0 spiro atoms. The first-order valence-corrected chi connectivity index (χ1v) is 7.85. The zero-order valence-corrected chi connectivity index (χ0v) is 11.8. The summed E-state index contributed by atoms with van der Waals surface area (Å²) in [5.74, 6) is 1.63. The van der Waals surface area contributed by atoms with Gasteiger partial charge in [0, 0.05) is 16.7 Å². The molecule has 3 N–H and O–H groups in total. The van der Waals surface area contributed by atoms with Gasteiger partial charge in [0.2, 0.25) is 0 Å². The van der Waals surface area contributed by atoms with Gasteiger partial charge in [-0.2, -0.15) is 11.8 Å². The Morgan fingerprint density at radius 3 is 3.00 bits per heavy atom. The Kier molecular flexibility index (Phi) is 4.95. The number of nitrogens with two attached hydrogens (primary N) is 1. The standard InChI is InChI=1S/C15H23NOS/c1-11-4-2-7-14(8-11)18-10-15(17)12-5-3-6-13(16)9-12/h3,5-6,9,11,14-15,17H,2,4,7-8,10,16H2,1H3. The summed E-state index contributed by atoms with van der Waals surface area (Å²) in [4.78, 5) is 0. The van der Waals surface area contributed by atoms with Gasteiger partial charge in [-0.1, -0.05) is 31.9 Å². The average molecular weight is 265 g/mol. The van der Waals surface area contributed by atoms with Crippen molar-refractivity contribution < 1.29 is 5.11 Å². The summed E-state index contributed by atoms with van der Waals surface area (Å²) >= 11 is 1.92. The number of thioether (sulfide) groups is 1. The summed E-state index contributed by atoms with van der Waals surface area (Å²) in [5, 5.41) is 10.9. The van der Waals surface area contributed by atoms with Crippen LogP contribution in [0.1, 0.15) is 44.3 Å². The number of anilines is 1. The molecule has 0 aromatic heterocycles. The minimum Gasteiger partial charge on any atom is -0.399 e. The Morgan fingerprint density at radius 2 is 2.28 bits per heavy atom. The summed E-state index contributed by atoms with van der Waals surface area (Å²) < 4.78 is 0. The zero-order chi connectivity index (χ0) is 13.0. The normalized spacial score (nSPS) is 25.9. The van der Waals surface area contributed by atoms with Crippen molar-refractivity contribution in [3.05, 3.63) is 29.8 Å². The SMILES string of the molecule is CC1CCCC(SCC(O)c2cccc(N)c2)C1.